The summed E-state index contributed by atoms with van der Waals surface area (Å²) in [5.41, 5.74) is 5.41. The summed E-state index contributed by atoms with van der Waals surface area (Å²) in [7, 11) is 0. The number of pyridine rings is 1. The number of thiazole rings is 1. The molecule has 114 valence electrons. The maximum absolute atomic E-state index is 10.7. The number of nitrogens with one attached hydrogen (secondary N) is 1. The van der Waals surface area contributed by atoms with Gasteiger partial charge in [-0.2, -0.15) is 5.10 Å². The van der Waals surface area contributed by atoms with E-state index in [1.807, 2.05) is 17.5 Å². The number of nitro benzene ring substituents is 1. The third kappa shape index (κ3) is 3.74. The van der Waals surface area contributed by atoms with Gasteiger partial charge in [-0.1, -0.05) is 0 Å². The lowest BCUT2D eigenvalue weighted by Gasteiger charge is -1.96. The largest absolute Gasteiger partial charge is 0.269 e. The number of aromatic nitrogens is 2. The molecule has 0 unspecified atom stereocenters. The van der Waals surface area contributed by atoms with Crippen molar-refractivity contribution in [3.8, 4) is 11.3 Å². The van der Waals surface area contributed by atoms with Crippen molar-refractivity contribution >= 4 is 28.4 Å². The predicted molar refractivity (Wildman–Crippen MR) is 89.7 cm³/mol. The third-order valence-corrected chi connectivity index (χ3v) is 3.70. The minimum Gasteiger partial charge on any atom is -0.265 e. The molecule has 1 N–H and O–H groups in total. The van der Waals surface area contributed by atoms with Crippen molar-refractivity contribution in [1.82, 2.24) is 9.97 Å². The average Bonchev–Trinajstić information content (AvgIpc) is 3.05. The van der Waals surface area contributed by atoms with E-state index in [1.54, 1.807) is 30.7 Å². The van der Waals surface area contributed by atoms with E-state index in [0.717, 1.165) is 16.8 Å². The number of anilines is 1. The van der Waals surface area contributed by atoms with Crippen molar-refractivity contribution in [3.63, 3.8) is 0 Å². The number of benzene rings is 1. The molecule has 0 fully saturated rings. The number of nitro groups is 1. The average molecular weight is 325 g/mol. The van der Waals surface area contributed by atoms with Crippen molar-refractivity contribution in [2.75, 3.05) is 5.43 Å². The number of hydrogen-bond donors (Lipinski definition) is 1. The second kappa shape index (κ2) is 6.75. The highest BCUT2D eigenvalue weighted by atomic mass is 32.1. The summed E-state index contributed by atoms with van der Waals surface area (Å²) in [6.45, 7) is 0. The van der Waals surface area contributed by atoms with Gasteiger partial charge in [-0.3, -0.25) is 20.5 Å². The summed E-state index contributed by atoms with van der Waals surface area (Å²) in [5.74, 6) is 0. The lowest BCUT2D eigenvalue weighted by Crippen LogP contribution is -1.90. The first kappa shape index (κ1) is 14.8. The van der Waals surface area contributed by atoms with Crippen LogP contribution in [0.3, 0.4) is 0 Å². The first-order chi connectivity index (χ1) is 11.2. The molecule has 0 atom stereocenters. The molecule has 7 nitrogen and oxygen atoms in total. The normalized spacial score (nSPS) is 10.8. The van der Waals surface area contributed by atoms with Crippen LogP contribution in [0.5, 0.6) is 0 Å². The molecule has 0 spiro atoms. The van der Waals surface area contributed by atoms with Gasteiger partial charge in [0.2, 0.25) is 5.13 Å². The SMILES string of the molecule is O=[N+]([O-])c1ccc(-c2csc(NN=Cc3ccncc3)n2)cc1. The Morgan fingerprint density at radius 2 is 1.91 bits per heavy atom. The molecule has 23 heavy (non-hydrogen) atoms. The molecule has 3 rings (SSSR count). The van der Waals surface area contributed by atoms with Crippen LogP contribution in [0.4, 0.5) is 10.8 Å². The van der Waals surface area contributed by atoms with Crippen LogP contribution in [0.2, 0.25) is 0 Å². The van der Waals surface area contributed by atoms with Gasteiger partial charge >= 0.3 is 0 Å². The quantitative estimate of drug-likeness (QED) is 0.440. The molecule has 2 heterocycles. The monoisotopic (exact) mass is 325 g/mol. The zero-order valence-corrected chi connectivity index (χ0v) is 12.6. The van der Waals surface area contributed by atoms with Gasteiger partial charge in [0.05, 0.1) is 16.8 Å². The van der Waals surface area contributed by atoms with Gasteiger partial charge in [0.25, 0.3) is 5.69 Å². The van der Waals surface area contributed by atoms with Crippen LogP contribution in [0.1, 0.15) is 5.56 Å². The van der Waals surface area contributed by atoms with E-state index in [4.69, 9.17) is 0 Å². The molecular formula is C15H11N5O2S. The summed E-state index contributed by atoms with van der Waals surface area (Å²) >= 11 is 1.41. The number of hydrogen-bond acceptors (Lipinski definition) is 7. The molecule has 8 heteroatoms. The Morgan fingerprint density at radius 3 is 2.61 bits per heavy atom. The molecule has 0 bridgehead atoms. The van der Waals surface area contributed by atoms with Gasteiger partial charge in [0.1, 0.15) is 0 Å². The smallest absolute Gasteiger partial charge is 0.265 e. The predicted octanol–water partition coefficient (Wildman–Crippen LogP) is 3.56. The Hall–Kier alpha value is -3.13. The fraction of sp³-hybridized carbons (Fsp3) is 0. The molecule has 0 saturated carbocycles. The van der Waals surface area contributed by atoms with Gasteiger partial charge < -0.3 is 0 Å². The van der Waals surface area contributed by atoms with Gasteiger partial charge in [-0.05, 0) is 29.8 Å². The van der Waals surface area contributed by atoms with Crippen molar-refractivity contribution < 1.29 is 4.92 Å². The minimum atomic E-state index is -0.425. The fourth-order valence-corrected chi connectivity index (χ4v) is 2.49. The molecule has 0 radical (unpaired) electrons. The summed E-state index contributed by atoms with van der Waals surface area (Å²) in [6, 6.07) is 9.96. The maximum atomic E-state index is 10.7. The summed E-state index contributed by atoms with van der Waals surface area (Å²) in [4.78, 5) is 18.6. The summed E-state index contributed by atoms with van der Waals surface area (Å²) in [5, 5.41) is 17.3. The van der Waals surface area contributed by atoms with Gasteiger partial charge in [-0.15, -0.1) is 11.3 Å². The van der Waals surface area contributed by atoms with E-state index in [1.165, 1.54) is 23.5 Å². The molecule has 0 aliphatic rings. The minimum absolute atomic E-state index is 0.0595. The molecule has 2 aromatic heterocycles. The number of rotatable bonds is 5. The lowest BCUT2D eigenvalue weighted by atomic mass is 10.1. The van der Waals surface area contributed by atoms with Crippen LogP contribution in [0.25, 0.3) is 11.3 Å². The van der Waals surface area contributed by atoms with Crippen LogP contribution >= 0.6 is 11.3 Å². The molecule has 0 amide bonds. The molecule has 0 saturated heterocycles. The van der Waals surface area contributed by atoms with Crippen molar-refractivity contribution in [1.29, 1.82) is 0 Å². The lowest BCUT2D eigenvalue weighted by molar-refractivity contribution is -0.384. The van der Waals surface area contributed by atoms with E-state index in [0.29, 0.717) is 5.13 Å². The first-order valence-electron chi connectivity index (χ1n) is 6.62. The molecular weight excluding hydrogens is 314 g/mol. The van der Waals surface area contributed by atoms with Crippen molar-refractivity contribution in [3.05, 3.63) is 69.8 Å². The molecule has 3 aromatic rings. The molecule has 0 aliphatic carbocycles. The zero-order chi connectivity index (χ0) is 16.1. The number of hydrazone groups is 1. The topological polar surface area (TPSA) is 93.3 Å². The third-order valence-electron chi connectivity index (χ3n) is 2.96. The van der Waals surface area contributed by atoms with Gasteiger partial charge in [0, 0.05) is 35.5 Å². The van der Waals surface area contributed by atoms with E-state index in [2.05, 4.69) is 20.5 Å². The van der Waals surface area contributed by atoms with Crippen LogP contribution in [-0.2, 0) is 0 Å². The fourth-order valence-electron chi connectivity index (χ4n) is 1.82. The van der Waals surface area contributed by atoms with Crippen molar-refractivity contribution in [2.24, 2.45) is 5.10 Å². The van der Waals surface area contributed by atoms with Gasteiger partial charge in [-0.25, -0.2) is 4.98 Å². The number of nitrogens with zero attached hydrogens (tertiary/aromatic N) is 4. The van der Waals surface area contributed by atoms with Crippen LogP contribution in [0, 0.1) is 10.1 Å². The highest BCUT2D eigenvalue weighted by Crippen LogP contribution is 2.26. The number of non-ortho nitro benzene ring substituents is 1. The zero-order valence-electron chi connectivity index (χ0n) is 11.8. The summed E-state index contributed by atoms with van der Waals surface area (Å²) < 4.78 is 0. The molecule has 1 aromatic carbocycles. The second-order valence-corrected chi connectivity index (χ2v) is 5.35. The first-order valence-corrected chi connectivity index (χ1v) is 7.50. The standard InChI is InChI=1S/C15H11N5O2S/c21-20(22)13-3-1-12(2-4-13)14-10-23-15(18-14)19-17-9-11-5-7-16-8-6-11/h1-10H,(H,18,19). The van der Waals surface area contributed by atoms with Gasteiger partial charge in [0.15, 0.2) is 0 Å². The van der Waals surface area contributed by atoms with Crippen LogP contribution in [0.15, 0.2) is 59.3 Å². The molecule has 0 aliphatic heterocycles. The van der Waals surface area contributed by atoms with Crippen LogP contribution in [-0.4, -0.2) is 21.1 Å². The Balaban J connectivity index is 1.68. The Kier molecular flexibility index (Phi) is 4.34. The summed E-state index contributed by atoms with van der Waals surface area (Å²) in [6.07, 6.45) is 5.06. The Morgan fingerprint density at radius 1 is 1.17 bits per heavy atom. The Labute approximate surface area is 135 Å². The van der Waals surface area contributed by atoms with E-state index in [-0.39, 0.29) is 5.69 Å². The Bertz CT molecular complexity index is 831. The highest BCUT2D eigenvalue weighted by molar-refractivity contribution is 7.14. The van der Waals surface area contributed by atoms with E-state index in [9.17, 15) is 10.1 Å². The van der Waals surface area contributed by atoms with E-state index < -0.39 is 4.92 Å². The maximum Gasteiger partial charge on any atom is 0.269 e. The van der Waals surface area contributed by atoms with Crippen molar-refractivity contribution in [2.45, 2.75) is 0 Å². The van der Waals surface area contributed by atoms with E-state index >= 15 is 0 Å². The van der Waals surface area contributed by atoms with Crippen LogP contribution < -0.4 is 5.43 Å². The highest BCUT2D eigenvalue weighted by Gasteiger charge is 2.07. The second-order valence-electron chi connectivity index (χ2n) is 4.49.